The molecule has 0 aromatic rings. The molecule has 0 aromatic carbocycles. The summed E-state index contributed by atoms with van der Waals surface area (Å²) in [6.07, 6.45) is 9.94. The van der Waals surface area contributed by atoms with Crippen LogP contribution in [-0.4, -0.2) is 13.2 Å². The van der Waals surface area contributed by atoms with Crippen LogP contribution in [0.15, 0.2) is 12.2 Å². The van der Waals surface area contributed by atoms with Crippen molar-refractivity contribution in [2.45, 2.75) is 39.5 Å². The van der Waals surface area contributed by atoms with Crippen LogP contribution in [0.2, 0.25) is 0 Å². The lowest BCUT2D eigenvalue weighted by Crippen LogP contribution is -2.32. The Kier molecular flexibility index (Phi) is 2.96. The zero-order chi connectivity index (χ0) is 10.0. The highest BCUT2D eigenvalue weighted by Gasteiger charge is 2.36. The normalized spacial score (nSPS) is 43.0. The lowest BCUT2D eigenvalue weighted by atomic mass is 9.68. The molecule has 3 unspecified atom stereocenters. The molecule has 2 aliphatic rings. The molecule has 2 bridgehead atoms. The molecule has 3 atom stereocenters. The molecule has 0 N–H and O–H groups in total. The van der Waals surface area contributed by atoms with Crippen molar-refractivity contribution < 1.29 is 4.74 Å². The molecule has 14 heavy (non-hydrogen) atoms. The van der Waals surface area contributed by atoms with Crippen molar-refractivity contribution in [1.29, 1.82) is 0 Å². The molecule has 0 saturated carbocycles. The summed E-state index contributed by atoms with van der Waals surface area (Å²) in [5, 5.41) is 0. The first-order valence-electron chi connectivity index (χ1n) is 5.99. The predicted octanol–water partition coefficient (Wildman–Crippen LogP) is 3.41. The zero-order valence-corrected chi connectivity index (χ0v) is 9.46. The van der Waals surface area contributed by atoms with Gasteiger partial charge in [-0.3, -0.25) is 0 Å². The number of ether oxygens (including phenoxy) is 1. The monoisotopic (exact) mass is 194 g/mol. The summed E-state index contributed by atoms with van der Waals surface area (Å²) in [6.45, 7) is 6.73. The topological polar surface area (TPSA) is 9.23 Å². The summed E-state index contributed by atoms with van der Waals surface area (Å²) in [5.41, 5.74) is 0.554. The van der Waals surface area contributed by atoms with Crippen LogP contribution in [0, 0.1) is 17.3 Å². The van der Waals surface area contributed by atoms with Crippen LogP contribution in [0.25, 0.3) is 0 Å². The van der Waals surface area contributed by atoms with E-state index in [0.717, 1.165) is 19.1 Å². The predicted molar refractivity (Wildman–Crippen MR) is 59.2 cm³/mol. The van der Waals surface area contributed by atoms with E-state index >= 15 is 0 Å². The van der Waals surface area contributed by atoms with Gasteiger partial charge in [0.2, 0.25) is 0 Å². The zero-order valence-electron chi connectivity index (χ0n) is 9.46. The van der Waals surface area contributed by atoms with E-state index in [1.807, 2.05) is 0 Å². The molecule has 1 nitrogen and oxygen atoms in total. The first-order chi connectivity index (χ1) is 6.74. The Balaban J connectivity index is 2.21. The summed E-state index contributed by atoms with van der Waals surface area (Å²) in [5.74, 6) is 1.51. The van der Waals surface area contributed by atoms with E-state index < -0.39 is 0 Å². The second-order valence-corrected chi connectivity index (χ2v) is 5.20. The largest absolute Gasteiger partial charge is 0.381 e. The highest BCUT2D eigenvalue weighted by Crippen LogP contribution is 2.44. The Hall–Kier alpha value is -0.300. The quantitative estimate of drug-likeness (QED) is 0.581. The van der Waals surface area contributed by atoms with Crippen molar-refractivity contribution in [3.8, 4) is 0 Å². The molecule has 0 spiro atoms. The SMILES string of the molecule is CCC1(C)CC2C=CCC1CCOC2. The molecule has 1 saturated heterocycles. The van der Waals surface area contributed by atoms with Gasteiger partial charge in [0.25, 0.3) is 0 Å². The minimum absolute atomic E-state index is 0.554. The number of fused-ring (bicyclic) bond motifs is 3. The minimum atomic E-state index is 0.554. The van der Waals surface area contributed by atoms with E-state index in [1.54, 1.807) is 0 Å². The van der Waals surface area contributed by atoms with Gasteiger partial charge in [0, 0.05) is 12.5 Å². The number of allylic oxidation sites excluding steroid dienone is 1. The maximum absolute atomic E-state index is 5.67. The maximum atomic E-state index is 5.67. The molecule has 1 heteroatoms. The summed E-state index contributed by atoms with van der Waals surface area (Å²) in [6, 6.07) is 0. The summed E-state index contributed by atoms with van der Waals surface area (Å²) >= 11 is 0. The summed E-state index contributed by atoms with van der Waals surface area (Å²) in [4.78, 5) is 0. The first-order valence-corrected chi connectivity index (χ1v) is 5.99. The molecule has 1 aliphatic carbocycles. The molecule has 0 radical (unpaired) electrons. The number of rotatable bonds is 1. The lowest BCUT2D eigenvalue weighted by Gasteiger charge is -2.39. The van der Waals surface area contributed by atoms with E-state index in [-0.39, 0.29) is 0 Å². The molecule has 1 heterocycles. The minimum Gasteiger partial charge on any atom is -0.381 e. The molecular formula is C13H22O. The summed E-state index contributed by atoms with van der Waals surface area (Å²) in [7, 11) is 0. The first kappa shape index (κ1) is 10.2. The second kappa shape index (κ2) is 4.06. The van der Waals surface area contributed by atoms with Crippen LogP contribution < -0.4 is 0 Å². The molecule has 0 amide bonds. The van der Waals surface area contributed by atoms with E-state index in [1.165, 1.54) is 25.7 Å². The van der Waals surface area contributed by atoms with Crippen LogP contribution in [0.5, 0.6) is 0 Å². The number of hydrogen-bond acceptors (Lipinski definition) is 1. The van der Waals surface area contributed by atoms with Crippen molar-refractivity contribution in [1.82, 2.24) is 0 Å². The van der Waals surface area contributed by atoms with E-state index in [2.05, 4.69) is 26.0 Å². The van der Waals surface area contributed by atoms with Crippen molar-refractivity contribution >= 4 is 0 Å². The van der Waals surface area contributed by atoms with Crippen molar-refractivity contribution in [3.63, 3.8) is 0 Å². The van der Waals surface area contributed by atoms with Crippen LogP contribution in [0.3, 0.4) is 0 Å². The Morgan fingerprint density at radius 3 is 3.14 bits per heavy atom. The molecule has 1 aliphatic heterocycles. The van der Waals surface area contributed by atoms with Crippen molar-refractivity contribution in [2.24, 2.45) is 17.3 Å². The second-order valence-electron chi connectivity index (χ2n) is 5.20. The fourth-order valence-corrected chi connectivity index (χ4v) is 3.03. The van der Waals surface area contributed by atoms with Crippen LogP contribution >= 0.6 is 0 Å². The highest BCUT2D eigenvalue weighted by atomic mass is 16.5. The van der Waals surface area contributed by atoms with Gasteiger partial charge in [0.05, 0.1) is 6.61 Å². The fraction of sp³-hybridized carbons (Fsp3) is 0.846. The lowest BCUT2D eigenvalue weighted by molar-refractivity contribution is 0.0244. The molecule has 0 aromatic heterocycles. The Labute approximate surface area is 87.5 Å². The van der Waals surface area contributed by atoms with Crippen LogP contribution in [0.4, 0.5) is 0 Å². The third-order valence-electron chi connectivity index (χ3n) is 4.29. The van der Waals surface area contributed by atoms with Gasteiger partial charge >= 0.3 is 0 Å². The Morgan fingerprint density at radius 2 is 2.36 bits per heavy atom. The van der Waals surface area contributed by atoms with Gasteiger partial charge in [-0.15, -0.1) is 0 Å². The molecule has 1 fully saturated rings. The average molecular weight is 194 g/mol. The van der Waals surface area contributed by atoms with Crippen LogP contribution in [0.1, 0.15) is 39.5 Å². The Morgan fingerprint density at radius 1 is 1.50 bits per heavy atom. The van der Waals surface area contributed by atoms with E-state index in [0.29, 0.717) is 11.3 Å². The maximum Gasteiger partial charge on any atom is 0.0528 e. The van der Waals surface area contributed by atoms with Gasteiger partial charge < -0.3 is 4.74 Å². The van der Waals surface area contributed by atoms with Gasteiger partial charge in [-0.05, 0) is 30.6 Å². The summed E-state index contributed by atoms with van der Waals surface area (Å²) < 4.78 is 5.67. The van der Waals surface area contributed by atoms with Gasteiger partial charge in [-0.1, -0.05) is 32.4 Å². The average Bonchev–Trinajstić information content (AvgIpc) is 2.25. The molecule has 2 rings (SSSR count). The molecule has 80 valence electrons. The van der Waals surface area contributed by atoms with E-state index in [4.69, 9.17) is 4.74 Å². The van der Waals surface area contributed by atoms with Gasteiger partial charge in [-0.25, -0.2) is 0 Å². The third kappa shape index (κ3) is 1.88. The number of hydrogen-bond donors (Lipinski definition) is 0. The third-order valence-corrected chi connectivity index (χ3v) is 4.29. The Bertz CT molecular complexity index is 221. The van der Waals surface area contributed by atoms with Crippen molar-refractivity contribution in [3.05, 3.63) is 12.2 Å². The molecular weight excluding hydrogens is 172 g/mol. The standard InChI is InChI=1S/C13H22O/c1-3-13(2)9-11-5-4-6-12(13)7-8-14-10-11/h4-5,11-12H,3,6-10H2,1-2H3. The smallest absolute Gasteiger partial charge is 0.0528 e. The highest BCUT2D eigenvalue weighted by molar-refractivity contribution is 5.00. The van der Waals surface area contributed by atoms with E-state index in [9.17, 15) is 0 Å². The van der Waals surface area contributed by atoms with Gasteiger partial charge in [0.1, 0.15) is 0 Å². The van der Waals surface area contributed by atoms with Gasteiger partial charge in [0.15, 0.2) is 0 Å². The van der Waals surface area contributed by atoms with Crippen molar-refractivity contribution in [2.75, 3.05) is 13.2 Å². The fourth-order valence-electron chi connectivity index (χ4n) is 3.03. The van der Waals surface area contributed by atoms with Crippen LogP contribution in [-0.2, 0) is 4.74 Å². The van der Waals surface area contributed by atoms with Gasteiger partial charge in [-0.2, -0.15) is 0 Å².